The van der Waals surface area contributed by atoms with Crippen molar-refractivity contribution in [2.45, 2.75) is 94.7 Å². The average molecular weight is 339 g/mol. The minimum Gasteiger partial charge on any atom is -0.469 e. The molecule has 0 bridgehead atoms. The highest BCUT2D eigenvalue weighted by atomic mass is 35.5. The summed E-state index contributed by atoms with van der Waals surface area (Å²) in [7, 11) is 1.44. The van der Waals surface area contributed by atoms with Gasteiger partial charge in [-0.25, -0.2) is 0 Å². The van der Waals surface area contributed by atoms with E-state index in [0.717, 1.165) is 38.5 Å². The van der Waals surface area contributed by atoms with E-state index >= 15 is 0 Å². The van der Waals surface area contributed by atoms with Gasteiger partial charge in [0, 0.05) is 17.2 Å². The van der Waals surface area contributed by atoms with Crippen LogP contribution >= 0.6 is 23.2 Å². The molecule has 0 fully saturated rings. The van der Waals surface area contributed by atoms with E-state index in [1.807, 2.05) is 0 Å². The molecule has 0 aromatic carbocycles. The van der Waals surface area contributed by atoms with Gasteiger partial charge in [-0.2, -0.15) is 0 Å². The Morgan fingerprint density at radius 1 is 0.857 bits per heavy atom. The molecule has 0 unspecified atom stereocenters. The van der Waals surface area contributed by atoms with Crippen LogP contribution < -0.4 is 0 Å². The van der Waals surface area contributed by atoms with Crippen LogP contribution in [0, 0.1) is 0 Å². The summed E-state index contributed by atoms with van der Waals surface area (Å²) in [5, 5.41) is 0.214. The lowest BCUT2D eigenvalue weighted by Crippen LogP contribution is -2.14. The van der Waals surface area contributed by atoms with Crippen LogP contribution in [0.15, 0.2) is 0 Å². The first kappa shape index (κ1) is 21.0. The van der Waals surface area contributed by atoms with Gasteiger partial charge in [0.05, 0.1) is 7.11 Å². The number of halogens is 2. The summed E-state index contributed by atoms with van der Waals surface area (Å²) >= 11 is 12.7. The number of alkyl halides is 2. The molecule has 2 nitrogen and oxygen atoms in total. The molecule has 126 valence electrons. The minimum absolute atomic E-state index is 0.100. The van der Waals surface area contributed by atoms with E-state index in [1.54, 1.807) is 0 Å². The Hall–Kier alpha value is 0.0500. The lowest BCUT2D eigenvalue weighted by Gasteiger charge is -2.15. The van der Waals surface area contributed by atoms with Crippen LogP contribution in [-0.2, 0) is 9.53 Å². The molecule has 2 atom stereocenters. The van der Waals surface area contributed by atoms with Gasteiger partial charge >= 0.3 is 5.97 Å². The van der Waals surface area contributed by atoms with Crippen LogP contribution in [0.3, 0.4) is 0 Å². The molecular weight excluding hydrogens is 307 g/mol. The SMILES string of the molecule is CCCCCC[C@H](Cl)[C@H](Cl)CCCCCCCC(=O)OC. The molecule has 0 radical (unpaired) electrons. The molecule has 0 heterocycles. The summed E-state index contributed by atoms with van der Waals surface area (Å²) in [5.41, 5.74) is 0. The number of rotatable bonds is 14. The molecular formula is C17H32Cl2O2. The predicted molar refractivity (Wildman–Crippen MR) is 92.4 cm³/mol. The zero-order valence-electron chi connectivity index (χ0n) is 13.7. The monoisotopic (exact) mass is 338 g/mol. The highest BCUT2D eigenvalue weighted by Crippen LogP contribution is 2.22. The molecule has 0 aromatic heterocycles. The summed E-state index contributed by atoms with van der Waals surface area (Å²) < 4.78 is 4.61. The Morgan fingerprint density at radius 2 is 1.33 bits per heavy atom. The second-order valence-corrected chi connectivity index (χ2v) is 6.89. The van der Waals surface area contributed by atoms with E-state index in [-0.39, 0.29) is 16.7 Å². The van der Waals surface area contributed by atoms with Crippen molar-refractivity contribution in [2.75, 3.05) is 7.11 Å². The Kier molecular flexibility index (Phi) is 15.0. The number of carbonyl (C=O) groups excluding carboxylic acids is 1. The van der Waals surface area contributed by atoms with E-state index in [9.17, 15) is 4.79 Å². The number of carbonyl (C=O) groups is 1. The Labute approximate surface area is 140 Å². The molecule has 0 amide bonds. The first-order chi connectivity index (χ1) is 10.1. The Balaban J connectivity index is 3.39. The van der Waals surface area contributed by atoms with Crippen molar-refractivity contribution in [2.24, 2.45) is 0 Å². The highest BCUT2D eigenvalue weighted by molar-refractivity contribution is 6.29. The van der Waals surface area contributed by atoms with Crippen LogP contribution in [0.1, 0.15) is 84.0 Å². The largest absolute Gasteiger partial charge is 0.469 e. The molecule has 0 aromatic rings. The van der Waals surface area contributed by atoms with Crippen LogP contribution in [0.2, 0.25) is 0 Å². The molecule has 0 aliphatic heterocycles. The van der Waals surface area contributed by atoms with Crippen molar-refractivity contribution in [1.82, 2.24) is 0 Å². The molecule has 0 rings (SSSR count). The van der Waals surface area contributed by atoms with Gasteiger partial charge < -0.3 is 4.74 Å². The van der Waals surface area contributed by atoms with Crippen molar-refractivity contribution in [3.05, 3.63) is 0 Å². The van der Waals surface area contributed by atoms with Gasteiger partial charge in [0.1, 0.15) is 0 Å². The summed E-state index contributed by atoms with van der Waals surface area (Å²) in [6.07, 6.45) is 13.1. The number of ether oxygens (including phenoxy) is 1. The van der Waals surface area contributed by atoms with E-state index in [4.69, 9.17) is 23.2 Å². The second-order valence-electron chi connectivity index (χ2n) is 5.76. The maximum atomic E-state index is 10.9. The lowest BCUT2D eigenvalue weighted by atomic mass is 10.0. The fourth-order valence-corrected chi connectivity index (χ4v) is 2.93. The number of unbranched alkanes of at least 4 members (excludes halogenated alkanes) is 7. The van der Waals surface area contributed by atoms with E-state index in [1.165, 1.54) is 39.2 Å². The summed E-state index contributed by atoms with van der Waals surface area (Å²) in [5.74, 6) is -0.108. The minimum atomic E-state index is -0.108. The maximum absolute atomic E-state index is 10.9. The lowest BCUT2D eigenvalue weighted by molar-refractivity contribution is -0.140. The summed E-state index contributed by atoms with van der Waals surface area (Å²) in [4.78, 5) is 10.9. The number of esters is 1. The third-order valence-electron chi connectivity index (χ3n) is 3.81. The molecule has 0 saturated heterocycles. The van der Waals surface area contributed by atoms with Gasteiger partial charge in [0.15, 0.2) is 0 Å². The molecule has 0 saturated carbocycles. The Bertz CT molecular complexity index is 247. The second kappa shape index (κ2) is 15.0. The molecule has 0 aliphatic rings. The maximum Gasteiger partial charge on any atom is 0.305 e. The van der Waals surface area contributed by atoms with E-state index in [0.29, 0.717) is 6.42 Å². The quantitative estimate of drug-likeness (QED) is 0.218. The number of hydrogen-bond acceptors (Lipinski definition) is 2. The van der Waals surface area contributed by atoms with Gasteiger partial charge in [0.25, 0.3) is 0 Å². The fourth-order valence-electron chi connectivity index (χ4n) is 2.37. The fraction of sp³-hybridized carbons (Fsp3) is 0.941. The summed E-state index contributed by atoms with van der Waals surface area (Å²) in [6, 6.07) is 0. The van der Waals surface area contributed by atoms with Crippen LogP contribution in [0.25, 0.3) is 0 Å². The van der Waals surface area contributed by atoms with Crippen molar-refractivity contribution in [3.63, 3.8) is 0 Å². The first-order valence-electron chi connectivity index (χ1n) is 8.46. The predicted octanol–water partition coefficient (Wildman–Crippen LogP) is 6.08. The van der Waals surface area contributed by atoms with Crippen molar-refractivity contribution in [3.8, 4) is 0 Å². The van der Waals surface area contributed by atoms with Crippen LogP contribution in [-0.4, -0.2) is 23.8 Å². The van der Waals surface area contributed by atoms with Gasteiger partial charge in [-0.3, -0.25) is 4.79 Å². The number of methoxy groups -OCH3 is 1. The third kappa shape index (κ3) is 13.4. The normalized spacial score (nSPS) is 13.9. The molecule has 0 spiro atoms. The first-order valence-corrected chi connectivity index (χ1v) is 9.34. The van der Waals surface area contributed by atoms with Crippen molar-refractivity contribution >= 4 is 29.2 Å². The highest BCUT2D eigenvalue weighted by Gasteiger charge is 2.15. The van der Waals surface area contributed by atoms with E-state index < -0.39 is 0 Å². The summed E-state index contributed by atoms with van der Waals surface area (Å²) in [6.45, 7) is 2.22. The molecule has 21 heavy (non-hydrogen) atoms. The van der Waals surface area contributed by atoms with Crippen molar-refractivity contribution in [1.29, 1.82) is 0 Å². The molecule has 0 aliphatic carbocycles. The van der Waals surface area contributed by atoms with Gasteiger partial charge in [-0.05, 0) is 19.3 Å². The molecule has 4 heteroatoms. The van der Waals surface area contributed by atoms with Crippen LogP contribution in [0.5, 0.6) is 0 Å². The zero-order chi connectivity index (χ0) is 15.9. The smallest absolute Gasteiger partial charge is 0.305 e. The third-order valence-corrected chi connectivity index (χ3v) is 4.99. The van der Waals surface area contributed by atoms with Crippen molar-refractivity contribution < 1.29 is 9.53 Å². The number of hydrogen-bond donors (Lipinski definition) is 0. The topological polar surface area (TPSA) is 26.3 Å². The standard InChI is InChI=1S/C17H32Cl2O2/c1-3-4-5-9-12-15(18)16(19)13-10-7-6-8-11-14-17(20)21-2/h15-16H,3-14H2,1-2H3/t15-,16+/m0/s1. The molecule has 0 N–H and O–H groups in total. The van der Waals surface area contributed by atoms with Gasteiger partial charge in [-0.1, -0.05) is 58.3 Å². The van der Waals surface area contributed by atoms with E-state index in [2.05, 4.69) is 11.7 Å². The average Bonchev–Trinajstić information content (AvgIpc) is 2.49. The van der Waals surface area contributed by atoms with Gasteiger partial charge in [0.2, 0.25) is 0 Å². The van der Waals surface area contributed by atoms with Gasteiger partial charge in [-0.15, -0.1) is 23.2 Å². The Morgan fingerprint density at radius 3 is 1.86 bits per heavy atom. The zero-order valence-corrected chi connectivity index (χ0v) is 15.2. The van der Waals surface area contributed by atoms with Crippen LogP contribution in [0.4, 0.5) is 0 Å².